The highest BCUT2D eigenvalue weighted by Gasteiger charge is 2.18. The quantitative estimate of drug-likeness (QED) is 0.651. The van der Waals surface area contributed by atoms with E-state index in [2.05, 4.69) is 10.3 Å². The number of aryl methyl sites for hydroxylation is 1. The highest BCUT2D eigenvalue weighted by Crippen LogP contribution is 2.31. The van der Waals surface area contributed by atoms with Gasteiger partial charge in [0.25, 0.3) is 5.91 Å². The molecular formula is C17H12Cl2N2OS. The molecule has 0 saturated carbocycles. The molecule has 116 valence electrons. The Hall–Kier alpha value is -1.88. The lowest BCUT2D eigenvalue weighted by molar-refractivity contribution is 0.102. The number of benzene rings is 2. The molecule has 0 aliphatic carbocycles. The zero-order chi connectivity index (χ0) is 16.4. The molecule has 0 unspecified atom stereocenters. The number of carbonyl (C=O) groups is 1. The summed E-state index contributed by atoms with van der Waals surface area (Å²) in [6, 6.07) is 14.7. The van der Waals surface area contributed by atoms with Crippen LogP contribution in [0.15, 0.2) is 48.5 Å². The SMILES string of the molecule is Cc1nc(C(=O)Nc2ccc(Cl)c(Cl)c2)c(-c2ccccc2)s1. The molecule has 1 aromatic heterocycles. The maximum Gasteiger partial charge on any atom is 0.275 e. The highest BCUT2D eigenvalue weighted by molar-refractivity contribution is 7.15. The first-order chi connectivity index (χ1) is 11.0. The topological polar surface area (TPSA) is 42.0 Å². The van der Waals surface area contributed by atoms with E-state index in [9.17, 15) is 4.79 Å². The molecular weight excluding hydrogens is 351 g/mol. The van der Waals surface area contributed by atoms with Gasteiger partial charge in [0.15, 0.2) is 0 Å². The standard InChI is InChI=1S/C17H12Cl2N2OS/c1-10-20-15(16(23-10)11-5-3-2-4-6-11)17(22)21-12-7-8-13(18)14(19)9-12/h2-9H,1H3,(H,21,22). The van der Waals surface area contributed by atoms with Crippen LogP contribution >= 0.6 is 34.5 Å². The number of nitrogens with zero attached hydrogens (tertiary/aromatic N) is 1. The Morgan fingerprint density at radius 1 is 1.09 bits per heavy atom. The lowest BCUT2D eigenvalue weighted by Gasteiger charge is -2.06. The molecule has 3 nitrogen and oxygen atoms in total. The van der Waals surface area contributed by atoms with Gasteiger partial charge in [-0.25, -0.2) is 4.98 Å². The first-order valence-electron chi connectivity index (χ1n) is 6.84. The second-order valence-corrected chi connectivity index (χ2v) is 6.88. The zero-order valence-electron chi connectivity index (χ0n) is 12.1. The molecule has 3 aromatic rings. The van der Waals surface area contributed by atoms with E-state index >= 15 is 0 Å². The minimum Gasteiger partial charge on any atom is -0.321 e. The predicted octanol–water partition coefficient (Wildman–Crippen LogP) is 5.68. The van der Waals surface area contributed by atoms with Crippen molar-refractivity contribution in [2.24, 2.45) is 0 Å². The number of nitrogens with one attached hydrogen (secondary N) is 1. The van der Waals surface area contributed by atoms with Gasteiger partial charge in [-0.15, -0.1) is 11.3 Å². The number of rotatable bonds is 3. The number of thiazole rings is 1. The van der Waals surface area contributed by atoms with Gasteiger partial charge in [-0.2, -0.15) is 0 Å². The van der Waals surface area contributed by atoms with Crippen molar-refractivity contribution < 1.29 is 4.79 Å². The summed E-state index contributed by atoms with van der Waals surface area (Å²) in [7, 11) is 0. The molecule has 1 heterocycles. The molecule has 3 rings (SSSR count). The summed E-state index contributed by atoms with van der Waals surface area (Å²) >= 11 is 13.4. The van der Waals surface area contributed by atoms with Crippen molar-refractivity contribution in [2.45, 2.75) is 6.92 Å². The molecule has 23 heavy (non-hydrogen) atoms. The number of amides is 1. The summed E-state index contributed by atoms with van der Waals surface area (Å²) in [5.41, 5.74) is 1.95. The number of aromatic nitrogens is 1. The molecule has 2 aromatic carbocycles. The van der Waals surface area contributed by atoms with Crippen LogP contribution < -0.4 is 5.32 Å². The van der Waals surface area contributed by atoms with E-state index in [1.165, 1.54) is 11.3 Å². The van der Waals surface area contributed by atoms with Crippen molar-refractivity contribution in [3.63, 3.8) is 0 Å². The van der Waals surface area contributed by atoms with Crippen molar-refractivity contribution in [1.29, 1.82) is 0 Å². The van der Waals surface area contributed by atoms with Crippen LogP contribution in [0.3, 0.4) is 0 Å². The Balaban J connectivity index is 1.92. The van der Waals surface area contributed by atoms with Crippen molar-refractivity contribution in [1.82, 2.24) is 4.98 Å². The van der Waals surface area contributed by atoms with Gasteiger partial charge in [-0.3, -0.25) is 4.79 Å². The maximum absolute atomic E-state index is 12.6. The van der Waals surface area contributed by atoms with Gasteiger partial charge in [-0.1, -0.05) is 53.5 Å². The van der Waals surface area contributed by atoms with Crippen LogP contribution in [0.5, 0.6) is 0 Å². The molecule has 0 aliphatic heterocycles. The van der Waals surface area contributed by atoms with E-state index in [0.29, 0.717) is 21.4 Å². The van der Waals surface area contributed by atoms with E-state index in [-0.39, 0.29) is 5.91 Å². The normalized spacial score (nSPS) is 10.6. The maximum atomic E-state index is 12.6. The fourth-order valence-electron chi connectivity index (χ4n) is 2.13. The smallest absolute Gasteiger partial charge is 0.275 e. The Kier molecular flexibility index (Phi) is 4.66. The minimum atomic E-state index is -0.272. The number of hydrogen-bond donors (Lipinski definition) is 1. The first kappa shape index (κ1) is 16.0. The van der Waals surface area contributed by atoms with Gasteiger partial charge >= 0.3 is 0 Å². The fourth-order valence-corrected chi connectivity index (χ4v) is 3.35. The van der Waals surface area contributed by atoms with Crippen molar-refractivity contribution >= 4 is 46.1 Å². The molecule has 0 saturated heterocycles. The molecule has 1 N–H and O–H groups in total. The lowest BCUT2D eigenvalue weighted by Crippen LogP contribution is -2.13. The first-order valence-corrected chi connectivity index (χ1v) is 8.41. The zero-order valence-corrected chi connectivity index (χ0v) is 14.5. The molecule has 0 atom stereocenters. The Labute approximate surface area is 147 Å². The molecule has 1 amide bonds. The third-order valence-corrected chi connectivity index (χ3v) is 4.92. The fraction of sp³-hybridized carbons (Fsp3) is 0.0588. The van der Waals surface area contributed by atoms with Crippen molar-refractivity contribution in [3.8, 4) is 10.4 Å². The van der Waals surface area contributed by atoms with Crippen LogP contribution in [-0.4, -0.2) is 10.9 Å². The van der Waals surface area contributed by atoms with Gasteiger partial charge in [0, 0.05) is 5.69 Å². The average Bonchev–Trinajstić information content (AvgIpc) is 2.94. The second kappa shape index (κ2) is 6.71. The van der Waals surface area contributed by atoms with E-state index in [0.717, 1.165) is 15.4 Å². The lowest BCUT2D eigenvalue weighted by atomic mass is 10.1. The van der Waals surface area contributed by atoms with Gasteiger partial charge in [-0.05, 0) is 30.7 Å². The van der Waals surface area contributed by atoms with Gasteiger partial charge < -0.3 is 5.32 Å². The third-order valence-electron chi connectivity index (χ3n) is 3.16. The number of hydrogen-bond acceptors (Lipinski definition) is 3. The van der Waals surface area contributed by atoms with Crippen LogP contribution in [0.1, 0.15) is 15.5 Å². The Bertz CT molecular complexity index is 862. The highest BCUT2D eigenvalue weighted by atomic mass is 35.5. The number of anilines is 1. The van der Waals surface area contributed by atoms with E-state index in [1.807, 2.05) is 37.3 Å². The monoisotopic (exact) mass is 362 g/mol. The predicted molar refractivity (Wildman–Crippen MR) is 96.7 cm³/mol. The van der Waals surface area contributed by atoms with Crippen LogP contribution in [0.2, 0.25) is 10.0 Å². The molecule has 0 bridgehead atoms. The third kappa shape index (κ3) is 3.55. The molecule has 6 heteroatoms. The van der Waals surface area contributed by atoms with Crippen molar-refractivity contribution in [2.75, 3.05) is 5.32 Å². The van der Waals surface area contributed by atoms with E-state index in [1.54, 1.807) is 18.2 Å². The summed E-state index contributed by atoms with van der Waals surface area (Å²) in [5, 5.41) is 4.48. The van der Waals surface area contributed by atoms with Crippen LogP contribution in [0.4, 0.5) is 5.69 Å². The van der Waals surface area contributed by atoms with Crippen LogP contribution in [0, 0.1) is 6.92 Å². The summed E-state index contributed by atoms with van der Waals surface area (Å²) in [5.74, 6) is -0.272. The van der Waals surface area contributed by atoms with Gasteiger partial charge in [0.05, 0.1) is 19.9 Å². The Morgan fingerprint density at radius 3 is 2.52 bits per heavy atom. The molecule has 0 aliphatic rings. The van der Waals surface area contributed by atoms with Crippen LogP contribution in [0.25, 0.3) is 10.4 Å². The minimum absolute atomic E-state index is 0.272. The van der Waals surface area contributed by atoms with Gasteiger partial charge in [0.1, 0.15) is 5.69 Å². The summed E-state index contributed by atoms with van der Waals surface area (Å²) in [6.07, 6.45) is 0. The second-order valence-electron chi connectivity index (χ2n) is 4.86. The van der Waals surface area contributed by atoms with E-state index < -0.39 is 0 Å². The summed E-state index contributed by atoms with van der Waals surface area (Å²) in [4.78, 5) is 17.8. The van der Waals surface area contributed by atoms with Gasteiger partial charge in [0.2, 0.25) is 0 Å². The molecule has 0 radical (unpaired) electrons. The molecule has 0 spiro atoms. The van der Waals surface area contributed by atoms with E-state index in [4.69, 9.17) is 23.2 Å². The van der Waals surface area contributed by atoms with Crippen molar-refractivity contribution in [3.05, 3.63) is 69.3 Å². The van der Waals surface area contributed by atoms with Crippen LogP contribution in [-0.2, 0) is 0 Å². The number of carbonyl (C=O) groups excluding carboxylic acids is 1. The summed E-state index contributed by atoms with van der Waals surface area (Å²) < 4.78 is 0. The Morgan fingerprint density at radius 2 is 1.83 bits per heavy atom. The molecule has 0 fully saturated rings. The summed E-state index contributed by atoms with van der Waals surface area (Å²) in [6.45, 7) is 1.88. The largest absolute Gasteiger partial charge is 0.321 e. The number of halogens is 2. The average molecular weight is 363 g/mol.